The van der Waals surface area contributed by atoms with Crippen LogP contribution < -0.4 is 10.1 Å². The highest BCUT2D eigenvalue weighted by Gasteiger charge is 2.21. The third-order valence-electron chi connectivity index (χ3n) is 4.84. The van der Waals surface area contributed by atoms with Gasteiger partial charge in [-0.2, -0.15) is 0 Å². The molecule has 0 atom stereocenters. The molecule has 2 aromatic heterocycles. The number of para-hydroxylation sites is 2. The van der Waals surface area contributed by atoms with Gasteiger partial charge < -0.3 is 15.0 Å². The highest BCUT2D eigenvalue weighted by Crippen LogP contribution is 2.33. The first-order valence-corrected chi connectivity index (χ1v) is 9.39. The molecule has 2 aromatic carbocycles. The summed E-state index contributed by atoms with van der Waals surface area (Å²) in [4.78, 5) is 20.2. The van der Waals surface area contributed by atoms with Gasteiger partial charge in [0.15, 0.2) is 0 Å². The molecule has 2 N–H and O–H groups in total. The van der Waals surface area contributed by atoms with Crippen molar-refractivity contribution in [3.63, 3.8) is 0 Å². The van der Waals surface area contributed by atoms with Crippen LogP contribution in [0.3, 0.4) is 0 Å². The molecule has 3 heterocycles. The summed E-state index contributed by atoms with van der Waals surface area (Å²) in [7, 11) is 0. The largest absolute Gasteiger partial charge is 0.437 e. The summed E-state index contributed by atoms with van der Waals surface area (Å²) < 4.78 is 5.89. The van der Waals surface area contributed by atoms with E-state index < -0.39 is 0 Å². The number of hydrogen-bond donors (Lipinski definition) is 2. The predicted molar refractivity (Wildman–Crippen MR) is 109 cm³/mol. The number of halogens is 1. The van der Waals surface area contributed by atoms with Gasteiger partial charge in [0.2, 0.25) is 5.88 Å². The number of amides is 1. The summed E-state index contributed by atoms with van der Waals surface area (Å²) in [5.74, 6) is 0.974. The van der Waals surface area contributed by atoms with Gasteiger partial charge in [0, 0.05) is 41.4 Å². The van der Waals surface area contributed by atoms with Crippen LogP contribution in [0, 0.1) is 0 Å². The fourth-order valence-electron chi connectivity index (χ4n) is 3.48. The Morgan fingerprint density at radius 3 is 2.75 bits per heavy atom. The Hall–Kier alpha value is -3.31. The fraction of sp³-hybridized carbons (Fsp3) is 0.0909. The van der Waals surface area contributed by atoms with Crippen LogP contribution in [0.2, 0.25) is 5.02 Å². The van der Waals surface area contributed by atoms with Crippen LogP contribution in [-0.4, -0.2) is 22.4 Å². The molecule has 0 bridgehead atoms. The van der Waals surface area contributed by atoms with E-state index in [4.69, 9.17) is 21.3 Å². The molecule has 0 aliphatic carbocycles. The Morgan fingerprint density at radius 1 is 1.00 bits per heavy atom. The molecule has 5 nitrogen and oxygen atoms in total. The Bertz CT molecular complexity index is 1220. The molecule has 0 saturated carbocycles. The second-order valence-electron chi connectivity index (χ2n) is 6.64. The topological polar surface area (TPSA) is 67.0 Å². The first-order valence-electron chi connectivity index (χ1n) is 9.02. The van der Waals surface area contributed by atoms with Crippen LogP contribution in [0.15, 0.2) is 60.7 Å². The second-order valence-corrected chi connectivity index (χ2v) is 7.05. The van der Waals surface area contributed by atoms with Crippen molar-refractivity contribution in [2.45, 2.75) is 6.42 Å². The number of nitrogens with zero attached hydrogens (tertiary/aromatic N) is 1. The molecule has 0 unspecified atom stereocenters. The summed E-state index contributed by atoms with van der Waals surface area (Å²) in [5.41, 5.74) is 4.24. The molecule has 1 amide bonds. The summed E-state index contributed by atoms with van der Waals surface area (Å²) in [6.07, 6.45) is 0.792. The number of nitrogens with one attached hydrogen (secondary N) is 2. The van der Waals surface area contributed by atoms with Crippen LogP contribution in [0.5, 0.6) is 11.6 Å². The Morgan fingerprint density at radius 2 is 1.89 bits per heavy atom. The number of rotatable bonds is 3. The molecule has 0 spiro atoms. The summed E-state index contributed by atoms with van der Waals surface area (Å²) in [6.45, 7) is 0.648. The number of pyridine rings is 1. The number of benzene rings is 2. The van der Waals surface area contributed by atoms with Crippen LogP contribution in [-0.2, 0) is 6.42 Å². The zero-order valence-corrected chi connectivity index (χ0v) is 15.6. The first kappa shape index (κ1) is 16.8. The van der Waals surface area contributed by atoms with E-state index in [1.807, 2.05) is 48.5 Å². The number of carbonyl (C=O) groups is 1. The fourth-order valence-corrected chi connectivity index (χ4v) is 3.66. The van der Waals surface area contributed by atoms with Gasteiger partial charge in [-0.15, -0.1) is 0 Å². The van der Waals surface area contributed by atoms with Crippen molar-refractivity contribution in [2.75, 3.05) is 6.54 Å². The lowest BCUT2D eigenvalue weighted by Crippen LogP contribution is -2.31. The van der Waals surface area contributed by atoms with E-state index in [0.29, 0.717) is 28.8 Å². The molecular weight excluding hydrogens is 374 g/mol. The normalized spacial score (nSPS) is 13.2. The lowest BCUT2D eigenvalue weighted by atomic mass is 10.1. The van der Waals surface area contributed by atoms with E-state index in [2.05, 4.69) is 10.3 Å². The van der Waals surface area contributed by atoms with Crippen molar-refractivity contribution in [3.05, 3.63) is 76.9 Å². The summed E-state index contributed by atoms with van der Waals surface area (Å²) >= 11 is 6.20. The van der Waals surface area contributed by atoms with E-state index in [-0.39, 0.29) is 5.91 Å². The number of ether oxygens (including phenoxy) is 1. The number of H-pyrrole nitrogens is 1. The lowest BCUT2D eigenvalue weighted by Gasteiger charge is -2.11. The monoisotopic (exact) mass is 389 g/mol. The molecule has 6 heteroatoms. The molecule has 0 radical (unpaired) electrons. The van der Waals surface area contributed by atoms with E-state index in [1.54, 1.807) is 12.1 Å². The van der Waals surface area contributed by atoms with Gasteiger partial charge in [0.05, 0.1) is 16.1 Å². The molecule has 1 aliphatic rings. The van der Waals surface area contributed by atoms with Crippen LogP contribution in [0.4, 0.5) is 0 Å². The van der Waals surface area contributed by atoms with E-state index >= 15 is 0 Å². The molecule has 138 valence electrons. The van der Waals surface area contributed by atoms with Crippen molar-refractivity contribution >= 4 is 28.4 Å². The standard InChI is InChI=1S/C22H16ClN3O2/c23-16-6-1-2-7-19(16)28-20-9-8-13-4-3-5-14(21(13)26-20)18-12-15-17(25-18)10-11-24-22(15)27/h1-9,12,25H,10-11H2,(H,24,27). The highest BCUT2D eigenvalue weighted by atomic mass is 35.5. The van der Waals surface area contributed by atoms with E-state index in [0.717, 1.165) is 34.3 Å². The first-order chi connectivity index (χ1) is 13.7. The molecule has 4 aromatic rings. The SMILES string of the molecule is O=C1NCCc2[nH]c(-c3cccc4ccc(Oc5ccccc5Cl)nc34)cc21. The zero-order chi connectivity index (χ0) is 19.1. The number of hydrogen-bond acceptors (Lipinski definition) is 3. The van der Waals surface area contributed by atoms with Crippen LogP contribution in [0.1, 0.15) is 16.1 Å². The Labute approximate surface area is 166 Å². The van der Waals surface area contributed by atoms with Crippen LogP contribution >= 0.6 is 11.6 Å². The molecule has 1 aliphatic heterocycles. The summed E-state index contributed by atoms with van der Waals surface area (Å²) in [6, 6.07) is 18.9. The summed E-state index contributed by atoms with van der Waals surface area (Å²) in [5, 5.41) is 4.39. The Balaban J connectivity index is 1.60. The van der Waals surface area contributed by atoms with Crippen molar-refractivity contribution in [1.82, 2.24) is 15.3 Å². The maximum Gasteiger partial charge on any atom is 0.253 e. The minimum absolute atomic E-state index is 0.0420. The van der Waals surface area contributed by atoms with Gasteiger partial charge in [-0.1, -0.05) is 41.9 Å². The van der Waals surface area contributed by atoms with Gasteiger partial charge in [-0.25, -0.2) is 4.98 Å². The number of aromatic nitrogens is 2. The van der Waals surface area contributed by atoms with E-state index in [9.17, 15) is 4.79 Å². The maximum absolute atomic E-state index is 12.1. The van der Waals surface area contributed by atoms with Crippen molar-refractivity contribution in [1.29, 1.82) is 0 Å². The van der Waals surface area contributed by atoms with Gasteiger partial charge >= 0.3 is 0 Å². The quantitative estimate of drug-likeness (QED) is 0.520. The molecule has 0 fully saturated rings. The minimum atomic E-state index is -0.0420. The molecule has 5 rings (SSSR count). The highest BCUT2D eigenvalue weighted by molar-refractivity contribution is 6.32. The predicted octanol–water partition coefficient (Wildman–Crippen LogP) is 4.96. The lowest BCUT2D eigenvalue weighted by molar-refractivity contribution is 0.0946. The zero-order valence-electron chi connectivity index (χ0n) is 14.8. The van der Waals surface area contributed by atoms with Crippen molar-refractivity contribution in [3.8, 4) is 22.9 Å². The minimum Gasteiger partial charge on any atom is -0.437 e. The second kappa shape index (κ2) is 6.69. The average molecular weight is 390 g/mol. The number of fused-ring (bicyclic) bond motifs is 2. The van der Waals surface area contributed by atoms with Crippen molar-refractivity contribution < 1.29 is 9.53 Å². The Kier molecular flexibility index (Phi) is 4.02. The van der Waals surface area contributed by atoms with Crippen LogP contribution in [0.25, 0.3) is 22.2 Å². The van der Waals surface area contributed by atoms with Gasteiger partial charge in [0.1, 0.15) is 5.75 Å². The molecule has 28 heavy (non-hydrogen) atoms. The average Bonchev–Trinajstić information content (AvgIpc) is 3.15. The van der Waals surface area contributed by atoms with Gasteiger partial charge in [-0.3, -0.25) is 4.79 Å². The molecular formula is C22H16ClN3O2. The van der Waals surface area contributed by atoms with E-state index in [1.165, 1.54) is 0 Å². The van der Waals surface area contributed by atoms with Gasteiger partial charge in [-0.05, 0) is 24.3 Å². The van der Waals surface area contributed by atoms with Crippen molar-refractivity contribution in [2.24, 2.45) is 0 Å². The maximum atomic E-state index is 12.1. The third kappa shape index (κ3) is 2.90. The number of aromatic amines is 1. The third-order valence-corrected chi connectivity index (χ3v) is 5.15. The number of carbonyl (C=O) groups excluding carboxylic acids is 1. The molecule has 0 saturated heterocycles. The smallest absolute Gasteiger partial charge is 0.253 e. The van der Waals surface area contributed by atoms with Gasteiger partial charge in [0.25, 0.3) is 5.91 Å².